The first kappa shape index (κ1) is 12.6. The number of halogens is 3. The van der Waals surface area contributed by atoms with Crippen molar-refractivity contribution in [2.24, 2.45) is 0 Å². The second-order valence-corrected chi connectivity index (χ2v) is 4.23. The van der Waals surface area contributed by atoms with Crippen LogP contribution in [0.3, 0.4) is 0 Å². The van der Waals surface area contributed by atoms with E-state index in [1.165, 1.54) is 12.1 Å². The zero-order valence-corrected chi connectivity index (χ0v) is 9.90. The highest BCUT2D eigenvalue weighted by Gasteiger charge is 2.13. The van der Waals surface area contributed by atoms with Crippen LogP contribution in [0.4, 0.5) is 10.1 Å². The molecule has 2 unspecified atom stereocenters. The van der Waals surface area contributed by atoms with Gasteiger partial charge in [-0.25, -0.2) is 4.39 Å². The summed E-state index contributed by atoms with van der Waals surface area (Å²) in [6.07, 6.45) is -0.554. The first-order chi connectivity index (χ1) is 6.91. The molecule has 84 valence electrons. The van der Waals surface area contributed by atoms with E-state index in [2.05, 4.69) is 5.32 Å². The minimum absolute atomic E-state index is 0.201. The molecule has 1 aromatic rings. The molecule has 0 aromatic heterocycles. The van der Waals surface area contributed by atoms with E-state index in [1.54, 1.807) is 13.8 Å². The number of nitrogens with one attached hydrogen (secondary N) is 1. The monoisotopic (exact) mass is 251 g/mol. The molecule has 0 fully saturated rings. The molecule has 1 aromatic carbocycles. The maximum atomic E-state index is 12.9. The van der Waals surface area contributed by atoms with Gasteiger partial charge >= 0.3 is 0 Å². The molecule has 0 heterocycles. The standard InChI is InChI=1S/C10H12Cl2FNO/c1-5(6(2)15)14-10-8(11)3-7(13)4-9(10)12/h3-6,14-15H,1-2H3. The van der Waals surface area contributed by atoms with Crippen LogP contribution in [0.25, 0.3) is 0 Å². The van der Waals surface area contributed by atoms with Gasteiger partial charge in [0.15, 0.2) is 0 Å². The second kappa shape index (κ2) is 5.01. The number of aliphatic hydroxyl groups excluding tert-OH is 1. The van der Waals surface area contributed by atoms with Crippen LogP contribution in [0.5, 0.6) is 0 Å². The van der Waals surface area contributed by atoms with Crippen molar-refractivity contribution in [3.05, 3.63) is 28.0 Å². The van der Waals surface area contributed by atoms with Crippen molar-refractivity contribution in [2.75, 3.05) is 5.32 Å². The summed E-state index contributed by atoms with van der Waals surface area (Å²) in [7, 11) is 0. The van der Waals surface area contributed by atoms with Crippen molar-refractivity contribution < 1.29 is 9.50 Å². The van der Waals surface area contributed by atoms with Crippen LogP contribution in [0.2, 0.25) is 10.0 Å². The van der Waals surface area contributed by atoms with Crippen molar-refractivity contribution >= 4 is 28.9 Å². The number of hydrogen-bond acceptors (Lipinski definition) is 2. The Morgan fingerprint density at radius 2 is 1.73 bits per heavy atom. The first-order valence-electron chi connectivity index (χ1n) is 4.51. The Hall–Kier alpha value is -0.510. The lowest BCUT2D eigenvalue weighted by Crippen LogP contribution is -2.28. The molecule has 2 N–H and O–H groups in total. The SMILES string of the molecule is CC(O)C(C)Nc1c(Cl)cc(F)cc1Cl. The third-order valence-corrected chi connectivity index (χ3v) is 2.70. The number of hydrogen-bond donors (Lipinski definition) is 2. The van der Waals surface area contributed by atoms with Crippen LogP contribution >= 0.6 is 23.2 Å². The summed E-state index contributed by atoms with van der Waals surface area (Å²) in [4.78, 5) is 0. The Balaban J connectivity index is 2.95. The van der Waals surface area contributed by atoms with Gasteiger partial charge in [-0.15, -0.1) is 0 Å². The molecule has 2 atom stereocenters. The molecular formula is C10H12Cl2FNO. The van der Waals surface area contributed by atoms with Crippen molar-refractivity contribution in [3.63, 3.8) is 0 Å². The molecular weight excluding hydrogens is 240 g/mol. The van der Waals surface area contributed by atoms with Crippen LogP contribution in [0.15, 0.2) is 12.1 Å². The fraction of sp³-hybridized carbons (Fsp3) is 0.400. The van der Waals surface area contributed by atoms with E-state index in [9.17, 15) is 9.50 Å². The molecule has 15 heavy (non-hydrogen) atoms. The smallest absolute Gasteiger partial charge is 0.126 e. The Morgan fingerprint density at radius 3 is 2.13 bits per heavy atom. The minimum Gasteiger partial charge on any atom is -0.391 e. The van der Waals surface area contributed by atoms with Crippen LogP contribution in [0, 0.1) is 5.82 Å². The lowest BCUT2D eigenvalue weighted by Gasteiger charge is -2.19. The molecule has 2 nitrogen and oxygen atoms in total. The highest BCUT2D eigenvalue weighted by Crippen LogP contribution is 2.32. The molecule has 0 spiro atoms. The Bertz CT molecular complexity index is 334. The van der Waals surface area contributed by atoms with E-state index in [0.29, 0.717) is 5.69 Å². The maximum absolute atomic E-state index is 12.9. The predicted octanol–water partition coefficient (Wildman–Crippen LogP) is 3.31. The van der Waals surface area contributed by atoms with Crippen LogP contribution in [0.1, 0.15) is 13.8 Å². The summed E-state index contributed by atoms with van der Waals surface area (Å²) in [6.45, 7) is 3.42. The second-order valence-electron chi connectivity index (χ2n) is 3.42. The summed E-state index contributed by atoms with van der Waals surface area (Å²) in [6, 6.07) is 2.13. The summed E-state index contributed by atoms with van der Waals surface area (Å²) in [5.41, 5.74) is 0.438. The van der Waals surface area contributed by atoms with Gasteiger partial charge in [0.05, 0.1) is 21.8 Å². The maximum Gasteiger partial charge on any atom is 0.126 e. The summed E-state index contributed by atoms with van der Waals surface area (Å²) >= 11 is 11.6. The summed E-state index contributed by atoms with van der Waals surface area (Å²) in [5.74, 6) is -0.486. The van der Waals surface area contributed by atoms with Crippen molar-refractivity contribution in [1.82, 2.24) is 0 Å². The fourth-order valence-electron chi connectivity index (χ4n) is 1.03. The van der Waals surface area contributed by atoms with E-state index >= 15 is 0 Å². The zero-order valence-electron chi connectivity index (χ0n) is 8.39. The molecule has 0 aliphatic carbocycles. The average Bonchev–Trinajstić information content (AvgIpc) is 2.10. The number of aliphatic hydroxyl groups is 1. The van der Waals surface area contributed by atoms with E-state index in [0.717, 1.165) is 0 Å². The topological polar surface area (TPSA) is 32.3 Å². The van der Waals surface area contributed by atoms with Gasteiger partial charge in [0, 0.05) is 6.04 Å². The quantitative estimate of drug-likeness (QED) is 0.864. The van der Waals surface area contributed by atoms with Crippen LogP contribution in [-0.4, -0.2) is 17.3 Å². The predicted molar refractivity (Wildman–Crippen MR) is 61.2 cm³/mol. The molecule has 0 saturated carbocycles. The van der Waals surface area contributed by atoms with Crippen LogP contribution < -0.4 is 5.32 Å². The van der Waals surface area contributed by atoms with E-state index in [4.69, 9.17) is 23.2 Å². The Labute approximate surface area is 98.0 Å². The molecule has 0 amide bonds. The molecule has 0 aliphatic rings. The number of rotatable bonds is 3. The normalized spacial score (nSPS) is 14.8. The fourth-order valence-corrected chi connectivity index (χ4v) is 1.60. The number of benzene rings is 1. The van der Waals surface area contributed by atoms with Gasteiger partial charge in [0.2, 0.25) is 0 Å². The number of anilines is 1. The van der Waals surface area contributed by atoms with Crippen molar-refractivity contribution in [2.45, 2.75) is 26.0 Å². The Kier molecular flexibility index (Phi) is 4.20. The van der Waals surface area contributed by atoms with Crippen molar-refractivity contribution in [1.29, 1.82) is 0 Å². The van der Waals surface area contributed by atoms with E-state index in [-0.39, 0.29) is 16.1 Å². The molecule has 0 aliphatic heterocycles. The van der Waals surface area contributed by atoms with Gasteiger partial charge in [-0.2, -0.15) is 0 Å². The van der Waals surface area contributed by atoms with E-state index in [1.807, 2.05) is 0 Å². The van der Waals surface area contributed by atoms with Gasteiger partial charge in [0.1, 0.15) is 5.82 Å². The molecule has 0 radical (unpaired) electrons. The average molecular weight is 252 g/mol. The lowest BCUT2D eigenvalue weighted by atomic mass is 10.2. The largest absolute Gasteiger partial charge is 0.391 e. The summed E-state index contributed by atoms with van der Waals surface area (Å²) < 4.78 is 12.9. The van der Waals surface area contributed by atoms with Gasteiger partial charge < -0.3 is 10.4 Å². The zero-order chi connectivity index (χ0) is 11.6. The highest BCUT2D eigenvalue weighted by molar-refractivity contribution is 6.39. The third kappa shape index (κ3) is 3.23. The van der Waals surface area contributed by atoms with E-state index < -0.39 is 11.9 Å². The molecule has 1 rings (SSSR count). The van der Waals surface area contributed by atoms with Gasteiger partial charge in [-0.05, 0) is 26.0 Å². The first-order valence-corrected chi connectivity index (χ1v) is 5.26. The molecule has 0 bridgehead atoms. The molecule has 0 saturated heterocycles. The van der Waals surface area contributed by atoms with Gasteiger partial charge in [-0.1, -0.05) is 23.2 Å². The molecule has 5 heteroatoms. The summed E-state index contributed by atoms with van der Waals surface area (Å²) in [5, 5.41) is 12.6. The third-order valence-electron chi connectivity index (χ3n) is 2.10. The Morgan fingerprint density at radius 1 is 1.27 bits per heavy atom. The van der Waals surface area contributed by atoms with Gasteiger partial charge in [0.25, 0.3) is 0 Å². The van der Waals surface area contributed by atoms with Crippen LogP contribution in [-0.2, 0) is 0 Å². The van der Waals surface area contributed by atoms with Gasteiger partial charge in [-0.3, -0.25) is 0 Å². The van der Waals surface area contributed by atoms with Crippen molar-refractivity contribution in [3.8, 4) is 0 Å². The highest BCUT2D eigenvalue weighted by atomic mass is 35.5. The lowest BCUT2D eigenvalue weighted by molar-refractivity contribution is 0.178. The minimum atomic E-state index is -0.554.